The number of carbonyl (C=O) groups excluding carboxylic acids is 1. The predicted molar refractivity (Wildman–Crippen MR) is 124 cm³/mol. The number of halogens is 5. The number of hydrogen-bond acceptors (Lipinski definition) is 4. The Hall–Kier alpha value is -1.30. The number of rotatable bonds is 4. The third-order valence-corrected chi connectivity index (χ3v) is 7.43. The van der Waals surface area contributed by atoms with E-state index in [1.807, 2.05) is 22.6 Å². The number of ether oxygens (including phenoxy) is 1. The Labute approximate surface area is 196 Å². The van der Waals surface area contributed by atoms with Gasteiger partial charge in [0.15, 0.2) is 0 Å². The predicted octanol–water partition coefficient (Wildman–Crippen LogP) is 6.76. The van der Waals surface area contributed by atoms with Crippen molar-refractivity contribution in [3.8, 4) is 0 Å². The molecule has 1 aliphatic rings. The van der Waals surface area contributed by atoms with E-state index in [2.05, 4.69) is 5.32 Å². The molecule has 0 bridgehead atoms. The van der Waals surface area contributed by atoms with Gasteiger partial charge in [0.25, 0.3) is 0 Å². The smallest absolute Gasteiger partial charge is 0.410 e. The van der Waals surface area contributed by atoms with Crippen LogP contribution >= 0.6 is 33.9 Å². The Kier molecular flexibility index (Phi) is 7.00. The third kappa shape index (κ3) is 6.36. The summed E-state index contributed by atoms with van der Waals surface area (Å²) in [5, 5.41) is 3.65. The molecule has 1 aromatic heterocycles. The first kappa shape index (κ1) is 24.3. The Morgan fingerprint density at radius 2 is 1.90 bits per heavy atom. The van der Waals surface area contributed by atoms with Crippen LogP contribution in [-0.4, -0.2) is 48.1 Å². The van der Waals surface area contributed by atoms with Gasteiger partial charge in [0.2, 0.25) is 0 Å². The van der Waals surface area contributed by atoms with Crippen LogP contribution in [0.5, 0.6) is 0 Å². The Bertz CT molecular complexity index is 947. The van der Waals surface area contributed by atoms with E-state index in [1.54, 1.807) is 39.0 Å². The van der Waals surface area contributed by atoms with Crippen LogP contribution in [0.2, 0.25) is 0 Å². The first-order chi connectivity index (χ1) is 14.3. The van der Waals surface area contributed by atoms with E-state index in [4.69, 9.17) is 4.74 Å². The Morgan fingerprint density at radius 3 is 2.48 bits per heavy atom. The molecule has 10 heteroatoms. The molecule has 2 aromatic rings. The van der Waals surface area contributed by atoms with Gasteiger partial charge in [-0.3, -0.25) is 0 Å². The number of alkyl halides is 4. The van der Waals surface area contributed by atoms with E-state index in [1.165, 1.54) is 16.2 Å². The number of nitrogens with zero attached hydrogens (tertiary/aromatic N) is 1. The van der Waals surface area contributed by atoms with Gasteiger partial charge in [-0.1, -0.05) is 12.1 Å². The first-order valence-electron chi connectivity index (χ1n) is 9.94. The molecule has 1 amide bonds. The van der Waals surface area contributed by atoms with E-state index in [0.29, 0.717) is 18.7 Å². The molecule has 0 saturated carbocycles. The summed E-state index contributed by atoms with van der Waals surface area (Å²) in [6.07, 6.45) is -5.39. The number of piperidine rings is 1. The minimum atomic E-state index is -4.29. The highest BCUT2D eigenvalue weighted by atomic mass is 127. The molecule has 0 spiro atoms. The number of carbonyl (C=O) groups is 1. The molecule has 0 atom stereocenters. The maximum Gasteiger partial charge on any atom is 0.410 e. The number of nitrogens with one attached hydrogen (secondary N) is 1. The monoisotopic (exact) mass is 572 g/mol. The van der Waals surface area contributed by atoms with E-state index >= 15 is 4.39 Å². The summed E-state index contributed by atoms with van der Waals surface area (Å²) in [6, 6.07) is 5.11. The van der Waals surface area contributed by atoms with Crippen molar-refractivity contribution in [3.05, 3.63) is 26.6 Å². The number of benzene rings is 1. The molecule has 172 valence electrons. The summed E-state index contributed by atoms with van der Waals surface area (Å²) in [4.78, 5) is 13.7. The van der Waals surface area contributed by atoms with Gasteiger partial charge in [0.05, 0.1) is 19.7 Å². The van der Waals surface area contributed by atoms with Crippen molar-refractivity contribution < 1.29 is 27.1 Å². The first-order valence-corrected chi connectivity index (χ1v) is 11.8. The summed E-state index contributed by atoms with van der Waals surface area (Å²) >= 11 is 3.20. The number of amides is 1. The van der Waals surface area contributed by atoms with Crippen molar-refractivity contribution in [1.29, 1.82) is 0 Å². The Morgan fingerprint density at radius 1 is 1.26 bits per heavy atom. The van der Waals surface area contributed by atoms with Crippen LogP contribution in [0, 0.1) is 2.88 Å². The lowest BCUT2D eigenvalue weighted by molar-refractivity contribution is -0.127. The van der Waals surface area contributed by atoms with Crippen LogP contribution in [0.3, 0.4) is 0 Å². The molecule has 3 rings (SSSR count). The molecular weight excluding hydrogens is 547 g/mol. The highest BCUT2D eigenvalue weighted by Gasteiger charge is 2.37. The minimum Gasteiger partial charge on any atom is -0.444 e. The van der Waals surface area contributed by atoms with Crippen molar-refractivity contribution in [1.82, 2.24) is 4.90 Å². The lowest BCUT2D eigenvalue weighted by Crippen LogP contribution is -2.48. The van der Waals surface area contributed by atoms with Crippen LogP contribution in [-0.2, 0) is 11.2 Å². The van der Waals surface area contributed by atoms with Crippen LogP contribution < -0.4 is 5.32 Å². The van der Waals surface area contributed by atoms with Gasteiger partial charge in [-0.2, -0.15) is 13.2 Å². The van der Waals surface area contributed by atoms with E-state index in [0.717, 1.165) is 0 Å². The number of thiophene rings is 1. The van der Waals surface area contributed by atoms with Gasteiger partial charge < -0.3 is 15.0 Å². The number of likely N-dealkylation sites (tertiary alicyclic amines) is 1. The fourth-order valence-corrected chi connectivity index (χ4v) is 5.67. The second kappa shape index (κ2) is 8.92. The van der Waals surface area contributed by atoms with E-state index < -0.39 is 30.0 Å². The van der Waals surface area contributed by atoms with Crippen molar-refractivity contribution >= 4 is 55.8 Å². The molecule has 0 radical (unpaired) electrons. The van der Waals surface area contributed by atoms with Crippen LogP contribution in [0.4, 0.5) is 28.0 Å². The second-order valence-electron chi connectivity index (χ2n) is 8.80. The number of fused-ring (bicyclic) bond motifs is 1. The van der Waals surface area contributed by atoms with Crippen molar-refractivity contribution in [2.24, 2.45) is 0 Å². The molecule has 2 heterocycles. The largest absolute Gasteiger partial charge is 0.444 e. The maximum atomic E-state index is 15.4. The van der Waals surface area contributed by atoms with Gasteiger partial charge in [0.1, 0.15) is 11.3 Å². The van der Waals surface area contributed by atoms with Gasteiger partial charge in [0, 0.05) is 32.5 Å². The summed E-state index contributed by atoms with van der Waals surface area (Å²) in [5.74, 6) is 0. The number of anilines is 1. The zero-order valence-electron chi connectivity index (χ0n) is 17.5. The van der Waals surface area contributed by atoms with Crippen molar-refractivity contribution in [2.45, 2.75) is 57.5 Å². The van der Waals surface area contributed by atoms with Crippen molar-refractivity contribution in [3.63, 3.8) is 0 Å². The van der Waals surface area contributed by atoms with Gasteiger partial charge >= 0.3 is 12.3 Å². The minimum absolute atomic E-state index is 0.0252. The van der Waals surface area contributed by atoms with Crippen molar-refractivity contribution in [2.75, 3.05) is 25.0 Å². The quantitative estimate of drug-likeness (QED) is 0.325. The number of hydrogen-bond donors (Lipinski definition) is 1. The Balaban J connectivity index is 1.66. The molecular formula is C21H25F4IN2O2S. The molecule has 0 aliphatic carbocycles. The summed E-state index contributed by atoms with van der Waals surface area (Å²) in [7, 11) is 0. The molecule has 1 fully saturated rings. The molecule has 1 aliphatic heterocycles. The highest BCUT2D eigenvalue weighted by Crippen LogP contribution is 2.40. The maximum absolute atomic E-state index is 15.4. The molecule has 0 unspecified atom stereocenters. The molecule has 31 heavy (non-hydrogen) atoms. The van der Waals surface area contributed by atoms with E-state index in [9.17, 15) is 18.0 Å². The summed E-state index contributed by atoms with van der Waals surface area (Å²) < 4.78 is 60.8. The second-order valence-corrected chi connectivity index (χ2v) is 11.6. The lowest BCUT2D eigenvalue weighted by atomic mass is 9.93. The fourth-order valence-electron chi connectivity index (χ4n) is 3.49. The molecule has 1 N–H and O–H groups in total. The lowest BCUT2D eigenvalue weighted by Gasteiger charge is -2.37. The SMILES string of the molecule is CC(C)(C)OC(=O)N1CCC(F)(CNc2cccc3c(CC(F)(F)F)c(I)sc23)CC1. The van der Waals surface area contributed by atoms with Gasteiger partial charge in [-0.25, -0.2) is 9.18 Å². The molecule has 1 aromatic carbocycles. The molecule has 4 nitrogen and oxygen atoms in total. The zero-order valence-corrected chi connectivity index (χ0v) is 20.5. The third-order valence-electron chi connectivity index (χ3n) is 5.05. The topological polar surface area (TPSA) is 41.6 Å². The average molecular weight is 572 g/mol. The summed E-state index contributed by atoms with van der Waals surface area (Å²) in [6.45, 7) is 5.88. The normalized spacial score (nSPS) is 17.1. The average Bonchev–Trinajstić information content (AvgIpc) is 2.94. The fraction of sp³-hybridized carbons (Fsp3) is 0.571. The summed E-state index contributed by atoms with van der Waals surface area (Å²) in [5.41, 5.74) is -1.23. The van der Waals surface area contributed by atoms with E-state index in [-0.39, 0.29) is 38.0 Å². The van der Waals surface area contributed by atoms with Crippen LogP contribution in [0.25, 0.3) is 10.1 Å². The van der Waals surface area contributed by atoms with Gasteiger partial charge in [-0.05, 0) is 60.4 Å². The molecule has 1 saturated heterocycles. The van der Waals surface area contributed by atoms with Crippen LogP contribution in [0.1, 0.15) is 39.2 Å². The zero-order chi connectivity index (χ0) is 23.0. The standard InChI is InChI=1S/C21H25F4IN2O2S/c1-19(2,3)30-18(29)28-9-7-20(22,8-10-28)12-27-15-6-4-5-13-14(11-21(23,24)25)17(26)31-16(13)15/h4-6,27H,7-12H2,1-3H3. The highest BCUT2D eigenvalue weighted by molar-refractivity contribution is 14.1. The van der Waals surface area contributed by atoms with Gasteiger partial charge in [-0.15, -0.1) is 11.3 Å². The van der Waals surface area contributed by atoms with Crippen LogP contribution in [0.15, 0.2) is 18.2 Å².